The minimum Gasteiger partial charge on any atom is -0.497 e. The van der Waals surface area contributed by atoms with E-state index in [0.29, 0.717) is 12.3 Å². The molecule has 1 aromatic heterocycles. The molecule has 6 nitrogen and oxygen atoms in total. The van der Waals surface area contributed by atoms with Crippen LogP contribution in [0.5, 0.6) is 17.2 Å². The summed E-state index contributed by atoms with van der Waals surface area (Å²) in [5.74, 6) is 2.04. The third-order valence-electron chi connectivity index (χ3n) is 4.97. The molecular weight excluding hydrogens is 380 g/mol. The van der Waals surface area contributed by atoms with Crippen LogP contribution in [0.4, 0.5) is 0 Å². The van der Waals surface area contributed by atoms with Crippen LogP contribution in [0.3, 0.4) is 0 Å². The first-order chi connectivity index (χ1) is 14.6. The van der Waals surface area contributed by atoms with Crippen LogP contribution in [0.15, 0.2) is 60.8 Å². The van der Waals surface area contributed by atoms with Crippen LogP contribution >= 0.6 is 0 Å². The molecule has 3 aromatic rings. The Morgan fingerprint density at radius 3 is 2.67 bits per heavy atom. The molecule has 0 bridgehead atoms. The molecule has 0 fully saturated rings. The van der Waals surface area contributed by atoms with Gasteiger partial charge in [0.05, 0.1) is 19.3 Å². The standard InChI is InChI=1S/C24H24N2O4/c1-16-3-9-22(25-13-16)17-4-10-23-18(11-17)12-21(30-23)14-26-24(27)15-29-20-7-5-19(28-2)6-8-20/h3-11,13,21H,12,14-15H2,1-2H3,(H,26,27). The average molecular weight is 404 g/mol. The van der Waals surface area contributed by atoms with E-state index in [-0.39, 0.29) is 18.6 Å². The highest BCUT2D eigenvalue weighted by atomic mass is 16.5. The van der Waals surface area contributed by atoms with Gasteiger partial charge in [0.2, 0.25) is 0 Å². The third kappa shape index (κ3) is 4.71. The Morgan fingerprint density at radius 2 is 1.93 bits per heavy atom. The van der Waals surface area contributed by atoms with E-state index in [0.717, 1.165) is 40.3 Å². The summed E-state index contributed by atoms with van der Waals surface area (Å²) >= 11 is 0. The molecule has 1 N–H and O–H groups in total. The number of benzene rings is 2. The molecule has 0 saturated heterocycles. The fourth-order valence-corrected chi connectivity index (χ4v) is 3.33. The van der Waals surface area contributed by atoms with Gasteiger partial charge in [-0.3, -0.25) is 9.78 Å². The number of pyridine rings is 1. The van der Waals surface area contributed by atoms with Crippen molar-refractivity contribution < 1.29 is 19.0 Å². The molecule has 1 atom stereocenters. The number of hydrogen-bond donors (Lipinski definition) is 1. The van der Waals surface area contributed by atoms with Crippen LogP contribution in [0.25, 0.3) is 11.3 Å². The number of carbonyl (C=O) groups is 1. The summed E-state index contributed by atoms with van der Waals surface area (Å²) in [7, 11) is 1.60. The number of hydrogen-bond acceptors (Lipinski definition) is 5. The van der Waals surface area contributed by atoms with Gasteiger partial charge in [-0.1, -0.05) is 6.07 Å². The summed E-state index contributed by atoms with van der Waals surface area (Å²) in [6, 6.07) is 17.3. The first kappa shape index (κ1) is 19.8. The third-order valence-corrected chi connectivity index (χ3v) is 4.97. The number of aryl methyl sites for hydroxylation is 1. The molecule has 2 aromatic carbocycles. The Morgan fingerprint density at radius 1 is 1.13 bits per heavy atom. The largest absolute Gasteiger partial charge is 0.497 e. The topological polar surface area (TPSA) is 69.7 Å². The van der Waals surface area contributed by atoms with Gasteiger partial charge in [-0.25, -0.2) is 0 Å². The van der Waals surface area contributed by atoms with Gasteiger partial charge in [0.1, 0.15) is 23.4 Å². The number of aromatic nitrogens is 1. The minimum atomic E-state index is -0.185. The van der Waals surface area contributed by atoms with Crippen molar-refractivity contribution in [3.63, 3.8) is 0 Å². The maximum absolute atomic E-state index is 12.1. The highest BCUT2D eigenvalue weighted by Gasteiger charge is 2.24. The van der Waals surface area contributed by atoms with Crippen LogP contribution < -0.4 is 19.5 Å². The maximum atomic E-state index is 12.1. The van der Waals surface area contributed by atoms with Gasteiger partial charge in [0.25, 0.3) is 5.91 Å². The van der Waals surface area contributed by atoms with Gasteiger partial charge >= 0.3 is 0 Å². The fourth-order valence-electron chi connectivity index (χ4n) is 3.33. The summed E-state index contributed by atoms with van der Waals surface area (Å²) in [5, 5.41) is 2.88. The lowest BCUT2D eigenvalue weighted by Crippen LogP contribution is -2.37. The predicted molar refractivity (Wildman–Crippen MR) is 114 cm³/mol. The van der Waals surface area contributed by atoms with Gasteiger partial charge in [-0.15, -0.1) is 0 Å². The Bertz CT molecular complexity index is 1020. The molecular formula is C24H24N2O4. The summed E-state index contributed by atoms with van der Waals surface area (Å²) in [6.45, 7) is 2.40. The minimum absolute atomic E-state index is 0.0464. The Kier molecular flexibility index (Phi) is 5.84. The number of methoxy groups -OCH3 is 1. The van der Waals surface area contributed by atoms with Crippen LogP contribution in [0, 0.1) is 6.92 Å². The summed E-state index contributed by atoms with van der Waals surface area (Å²) in [6.07, 6.45) is 2.52. The maximum Gasteiger partial charge on any atom is 0.258 e. The van der Waals surface area contributed by atoms with Crippen molar-refractivity contribution in [2.24, 2.45) is 0 Å². The molecule has 1 aliphatic rings. The van der Waals surface area contributed by atoms with Crippen molar-refractivity contribution in [1.29, 1.82) is 0 Å². The molecule has 154 valence electrons. The molecule has 0 saturated carbocycles. The van der Waals surface area contributed by atoms with Crippen LogP contribution in [-0.4, -0.2) is 37.3 Å². The molecule has 0 aliphatic carbocycles. The molecule has 4 rings (SSSR count). The lowest BCUT2D eigenvalue weighted by atomic mass is 10.0. The zero-order chi connectivity index (χ0) is 20.9. The predicted octanol–water partition coefficient (Wildman–Crippen LogP) is 3.56. The van der Waals surface area contributed by atoms with Gasteiger partial charge in [0, 0.05) is 18.2 Å². The smallest absolute Gasteiger partial charge is 0.258 e. The molecule has 2 heterocycles. The zero-order valence-corrected chi connectivity index (χ0v) is 17.1. The zero-order valence-electron chi connectivity index (χ0n) is 17.1. The van der Waals surface area contributed by atoms with Crippen molar-refractivity contribution in [1.82, 2.24) is 10.3 Å². The number of fused-ring (bicyclic) bond motifs is 1. The molecule has 1 aliphatic heterocycles. The molecule has 6 heteroatoms. The van der Waals surface area contributed by atoms with E-state index in [2.05, 4.69) is 22.4 Å². The van der Waals surface area contributed by atoms with Crippen molar-refractivity contribution in [2.75, 3.05) is 20.3 Å². The van der Waals surface area contributed by atoms with Crippen LogP contribution in [-0.2, 0) is 11.2 Å². The normalized spacial score (nSPS) is 14.5. The van der Waals surface area contributed by atoms with Gasteiger partial charge in [-0.2, -0.15) is 0 Å². The number of amides is 1. The van der Waals surface area contributed by atoms with Gasteiger partial charge < -0.3 is 19.5 Å². The van der Waals surface area contributed by atoms with E-state index in [1.807, 2.05) is 31.3 Å². The van der Waals surface area contributed by atoms with Crippen molar-refractivity contribution in [3.05, 3.63) is 71.9 Å². The first-order valence-corrected chi connectivity index (χ1v) is 9.87. The van der Waals surface area contributed by atoms with E-state index in [9.17, 15) is 4.79 Å². The second-order valence-electron chi connectivity index (χ2n) is 7.26. The first-order valence-electron chi connectivity index (χ1n) is 9.87. The summed E-state index contributed by atoms with van der Waals surface area (Å²) in [4.78, 5) is 16.6. The Hall–Kier alpha value is -3.54. The number of nitrogens with one attached hydrogen (secondary N) is 1. The number of ether oxygens (including phenoxy) is 3. The highest BCUT2D eigenvalue weighted by Crippen LogP contribution is 2.32. The summed E-state index contributed by atoms with van der Waals surface area (Å²) in [5.41, 5.74) is 4.27. The lowest BCUT2D eigenvalue weighted by Gasteiger charge is -2.12. The van der Waals surface area contributed by atoms with E-state index < -0.39 is 0 Å². The van der Waals surface area contributed by atoms with Crippen molar-refractivity contribution in [3.8, 4) is 28.5 Å². The quantitative estimate of drug-likeness (QED) is 0.652. The Balaban J connectivity index is 1.27. The molecule has 0 radical (unpaired) electrons. The average Bonchev–Trinajstić information content (AvgIpc) is 3.19. The van der Waals surface area contributed by atoms with Crippen LogP contribution in [0.1, 0.15) is 11.1 Å². The van der Waals surface area contributed by atoms with E-state index in [4.69, 9.17) is 14.2 Å². The van der Waals surface area contributed by atoms with Crippen LogP contribution in [0.2, 0.25) is 0 Å². The SMILES string of the molecule is COc1ccc(OCC(=O)NCC2Cc3cc(-c4ccc(C)cn4)ccc3O2)cc1. The lowest BCUT2D eigenvalue weighted by molar-refractivity contribution is -0.123. The van der Waals surface area contributed by atoms with Crippen molar-refractivity contribution in [2.45, 2.75) is 19.4 Å². The Labute approximate surface area is 175 Å². The van der Waals surface area contributed by atoms with Crippen molar-refractivity contribution >= 4 is 5.91 Å². The fraction of sp³-hybridized carbons (Fsp3) is 0.250. The highest BCUT2D eigenvalue weighted by molar-refractivity contribution is 5.77. The van der Waals surface area contributed by atoms with Gasteiger partial charge in [-0.05, 0) is 66.6 Å². The molecule has 30 heavy (non-hydrogen) atoms. The number of carbonyl (C=O) groups excluding carboxylic acids is 1. The second-order valence-corrected chi connectivity index (χ2v) is 7.26. The van der Waals surface area contributed by atoms with E-state index in [1.165, 1.54) is 0 Å². The molecule has 0 spiro atoms. The van der Waals surface area contributed by atoms with Gasteiger partial charge in [0.15, 0.2) is 6.61 Å². The summed E-state index contributed by atoms with van der Waals surface area (Å²) < 4.78 is 16.6. The number of rotatable bonds is 7. The number of nitrogens with zero attached hydrogens (tertiary/aromatic N) is 1. The second kappa shape index (κ2) is 8.86. The molecule has 1 amide bonds. The van der Waals surface area contributed by atoms with E-state index in [1.54, 1.807) is 31.4 Å². The van der Waals surface area contributed by atoms with E-state index >= 15 is 0 Å². The molecule has 1 unspecified atom stereocenters. The monoisotopic (exact) mass is 404 g/mol.